The summed E-state index contributed by atoms with van der Waals surface area (Å²) in [5, 5.41) is 3.80. The van der Waals surface area contributed by atoms with Crippen molar-refractivity contribution in [2.75, 3.05) is 6.61 Å². The number of hydrogen-bond donors (Lipinski definition) is 1. The molecule has 4 aromatic rings. The Morgan fingerprint density at radius 1 is 1.27 bits per heavy atom. The van der Waals surface area contributed by atoms with Gasteiger partial charge in [0.1, 0.15) is 29.0 Å². The van der Waals surface area contributed by atoms with E-state index < -0.39 is 6.04 Å². The summed E-state index contributed by atoms with van der Waals surface area (Å²) in [5.41, 5.74) is 2.05. The highest BCUT2D eigenvalue weighted by Gasteiger charge is 2.25. The lowest BCUT2D eigenvalue weighted by Crippen LogP contribution is -2.31. The molecule has 154 valence electrons. The Labute approximate surface area is 173 Å². The van der Waals surface area contributed by atoms with Gasteiger partial charge < -0.3 is 19.0 Å². The smallest absolute Gasteiger partial charge is 0.288 e. The summed E-state index contributed by atoms with van der Waals surface area (Å²) in [6, 6.07) is 10.9. The first-order valence-corrected chi connectivity index (χ1v) is 9.67. The van der Waals surface area contributed by atoms with Crippen LogP contribution in [0.15, 0.2) is 59.3 Å². The van der Waals surface area contributed by atoms with Crippen LogP contribution in [0.4, 0.5) is 4.39 Å². The SMILES string of the molecule is CCOc1ccc2oc(C(=O)N[C@@H](c3ccc(F)cc3)c3nccn3C)c(C)c2c1. The molecule has 1 N–H and O–H groups in total. The number of fused-ring (bicyclic) bond motifs is 1. The number of carbonyl (C=O) groups excluding carboxylic acids is 1. The van der Waals surface area contributed by atoms with Gasteiger partial charge in [-0.1, -0.05) is 12.1 Å². The number of ether oxygens (including phenoxy) is 1. The van der Waals surface area contributed by atoms with E-state index in [-0.39, 0.29) is 17.5 Å². The van der Waals surface area contributed by atoms with Crippen LogP contribution in [0.1, 0.15) is 40.5 Å². The molecule has 0 saturated heterocycles. The van der Waals surface area contributed by atoms with Crippen LogP contribution in [0.25, 0.3) is 11.0 Å². The lowest BCUT2D eigenvalue weighted by atomic mass is 10.1. The summed E-state index contributed by atoms with van der Waals surface area (Å²) < 4.78 is 26.6. The molecule has 2 aromatic carbocycles. The highest BCUT2D eigenvalue weighted by atomic mass is 19.1. The van der Waals surface area contributed by atoms with Crippen molar-refractivity contribution in [3.05, 3.63) is 83.4 Å². The molecule has 0 unspecified atom stereocenters. The number of carbonyl (C=O) groups is 1. The second kappa shape index (κ2) is 8.02. The third-order valence-corrected chi connectivity index (χ3v) is 5.02. The molecule has 7 heteroatoms. The van der Waals surface area contributed by atoms with E-state index in [2.05, 4.69) is 10.3 Å². The minimum atomic E-state index is -0.565. The molecular formula is C23H22FN3O3. The van der Waals surface area contributed by atoms with Gasteiger partial charge >= 0.3 is 0 Å². The fraction of sp³-hybridized carbons (Fsp3) is 0.217. The first kappa shape index (κ1) is 19.7. The van der Waals surface area contributed by atoms with E-state index in [9.17, 15) is 9.18 Å². The van der Waals surface area contributed by atoms with Crippen LogP contribution in [0, 0.1) is 12.7 Å². The Bertz CT molecular complexity index is 1190. The van der Waals surface area contributed by atoms with Crippen molar-refractivity contribution in [3.63, 3.8) is 0 Å². The summed E-state index contributed by atoms with van der Waals surface area (Å²) in [7, 11) is 1.84. The molecule has 0 saturated carbocycles. The number of aromatic nitrogens is 2. The van der Waals surface area contributed by atoms with Gasteiger partial charge in [0.05, 0.1) is 6.61 Å². The molecule has 30 heavy (non-hydrogen) atoms. The van der Waals surface area contributed by atoms with Crippen molar-refractivity contribution in [2.24, 2.45) is 7.05 Å². The molecule has 0 bridgehead atoms. The van der Waals surface area contributed by atoms with Crippen LogP contribution in [0.3, 0.4) is 0 Å². The minimum Gasteiger partial charge on any atom is -0.494 e. The zero-order valence-corrected chi connectivity index (χ0v) is 17.0. The van der Waals surface area contributed by atoms with E-state index >= 15 is 0 Å². The third-order valence-electron chi connectivity index (χ3n) is 5.02. The number of nitrogens with one attached hydrogen (secondary N) is 1. The Morgan fingerprint density at radius 2 is 2.03 bits per heavy atom. The molecule has 0 spiro atoms. The highest BCUT2D eigenvalue weighted by Crippen LogP contribution is 2.30. The lowest BCUT2D eigenvalue weighted by molar-refractivity contribution is 0.0914. The lowest BCUT2D eigenvalue weighted by Gasteiger charge is -2.18. The molecular weight excluding hydrogens is 385 g/mol. The normalized spacial score (nSPS) is 12.1. The Kier molecular flexibility index (Phi) is 5.27. The van der Waals surface area contributed by atoms with Crippen LogP contribution in [-0.4, -0.2) is 22.1 Å². The van der Waals surface area contributed by atoms with Crippen molar-refractivity contribution in [1.82, 2.24) is 14.9 Å². The van der Waals surface area contributed by atoms with Crippen molar-refractivity contribution >= 4 is 16.9 Å². The molecule has 2 heterocycles. The molecule has 6 nitrogen and oxygen atoms in total. The quantitative estimate of drug-likeness (QED) is 0.510. The molecule has 0 aliphatic carbocycles. The molecule has 1 atom stereocenters. The van der Waals surface area contributed by atoms with Crippen LogP contribution in [0.2, 0.25) is 0 Å². The number of amides is 1. The zero-order chi connectivity index (χ0) is 21.3. The summed E-state index contributed by atoms with van der Waals surface area (Å²) in [5.74, 6) is 0.848. The Hall–Kier alpha value is -3.61. The van der Waals surface area contributed by atoms with Gasteiger partial charge in [0.15, 0.2) is 5.76 Å². The number of aryl methyl sites for hydroxylation is 2. The van der Waals surface area contributed by atoms with Crippen LogP contribution >= 0.6 is 0 Å². The van der Waals surface area contributed by atoms with Crippen LogP contribution < -0.4 is 10.1 Å². The average molecular weight is 407 g/mol. The second-order valence-corrected chi connectivity index (χ2v) is 7.00. The number of rotatable bonds is 6. The highest BCUT2D eigenvalue weighted by molar-refractivity contribution is 5.99. The number of benzene rings is 2. The van der Waals surface area contributed by atoms with Crippen LogP contribution in [0.5, 0.6) is 5.75 Å². The molecule has 0 aliphatic heterocycles. The van der Waals surface area contributed by atoms with Crippen molar-refractivity contribution in [3.8, 4) is 5.75 Å². The summed E-state index contributed by atoms with van der Waals surface area (Å²) in [6.07, 6.45) is 3.44. The number of furan rings is 1. The predicted octanol–water partition coefficient (Wildman–Crippen LogP) is 4.53. The maximum Gasteiger partial charge on any atom is 0.288 e. The second-order valence-electron chi connectivity index (χ2n) is 7.00. The van der Waals surface area contributed by atoms with E-state index in [1.165, 1.54) is 12.1 Å². The fourth-order valence-electron chi connectivity index (χ4n) is 3.48. The standard InChI is InChI=1S/C23H22FN3O3/c1-4-29-17-9-10-19-18(13-17)14(2)21(30-19)23(28)26-20(22-25-11-12-27(22)3)15-5-7-16(24)8-6-15/h5-13,20H,4H2,1-3H3,(H,26,28)/t20-/m0/s1. The number of halogens is 1. The average Bonchev–Trinajstić information content (AvgIpc) is 3.30. The van der Waals surface area contributed by atoms with Crippen molar-refractivity contribution in [1.29, 1.82) is 0 Å². The largest absolute Gasteiger partial charge is 0.494 e. The van der Waals surface area contributed by atoms with E-state index in [1.807, 2.05) is 37.6 Å². The Balaban J connectivity index is 1.70. The first-order valence-electron chi connectivity index (χ1n) is 9.67. The van der Waals surface area contributed by atoms with Gasteiger partial charge in [-0.2, -0.15) is 0 Å². The van der Waals surface area contributed by atoms with E-state index in [1.54, 1.807) is 30.6 Å². The maximum atomic E-state index is 13.4. The summed E-state index contributed by atoms with van der Waals surface area (Å²) in [6.45, 7) is 4.31. The van der Waals surface area contributed by atoms with Crippen molar-refractivity contribution in [2.45, 2.75) is 19.9 Å². The van der Waals surface area contributed by atoms with Gasteiger partial charge in [-0.25, -0.2) is 9.37 Å². The predicted molar refractivity (Wildman–Crippen MR) is 111 cm³/mol. The van der Waals surface area contributed by atoms with E-state index in [0.717, 1.165) is 16.7 Å². The molecule has 4 rings (SSSR count). The minimum absolute atomic E-state index is 0.222. The van der Waals surface area contributed by atoms with Gasteiger partial charge in [0.2, 0.25) is 0 Å². The number of hydrogen-bond acceptors (Lipinski definition) is 4. The molecule has 1 amide bonds. The summed E-state index contributed by atoms with van der Waals surface area (Å²) >= 11 is 0. The third kappa shape index (κ3) is 3.66. The molecule has 0 aliphatic rings. The van der Waals surface area contributed by atoms with E-state index in [0.29, 0.717) is 23.6 Å². The van der Waals surface area contributed by atoms with E-state index in [4.69, 9.17) is 9.15 Å². The molecule has 0 radical (unpaired) electrons. The zero-order valence-electron chi connectivity index (χ0n) is 17.0. The summed E-state index contributed by atoms with van der Waals surface area (Å²) in [4.78, 5) is 17.5. The van der Waals surface area contributed by atoms with Crippen molar-refractivity contribution < 1.29 is 18.3 Å². The van der Waals surface area contributed by atoms with Gasteiger partial charge in [0.25, 0.3) is 5.91 Å². The number of nitrogens with zero attached hydrogens (tertiary/aromatic N) is 2. The van der Waals surface area contributed by atoms with Gasteiger partial charge in [0, 0.05) is 30.4 Å². The first-order chi connectivity index (χ1) is 14.5. The number of imidazole rings is 1. The Morgan fingerprint density at radius 3 is 2.70 bits per heavy atom. The van der Waals surface area contributed by atoms with Crippen LogP contribution in [-0.2, 0) is 7.05 Å². The molecule has 2 aromatic heterocycles. The van der Waals surface area contributed by atoms with Gasteiger partial charge in [-0.3, -0.25) is 4.79 Å². The van der Waals surface area contributed by atoms with Gasteiger partial charge in [-0.15, -0.1) is 0 Å². The fourth-order valence-corrected chi connectivity index (χ4v) is 3.48. The molecule has 0 fully saturated rings. The maximum absolute atomic E-state index is 13.4. The van der Waals surface area contributed by atoms with Gasteiger partial charge in [-0.05, 0) is 49.7 Å². The topological polar surface area (TPSA) is 69.3 Å². The monoisotopic (exact) mass is 407 g/mol.